The van der Waals surface area contributed by atoms with Crippen molar-refractivity contribution in [3.63, 3.8) is 0 Å². The number of aliphatic hydroxyl groups excluding tert-OH is 1. The van der Waals surface area contributed by atoms with Gasteiger partial charge in [0.25, 0.3) is 0 Å². The maximum atomic E-state index is 13.3. The lowest BCUT2D eigenvalue weighted by molar-refractivity contribution is -0.128. The molecule has 0 atom stereocenters. The van der Waals surface area contributed by atoms with Crippen molar-refractivity contribution in [1.29, 1.82) is 0 Å². The number of halogens is 2. The smallest absolute Gasteiger partial charge is 0.225 e. The number of hydrogen-bond acceptors (Lipinski definition) is 6. The molecule has 0 bridgehead atoms. The molecule has 1 heterocycles. The fraction of sp³-hybridized carbons (Fsp3) is 0.375. The number of anilines is 1. The van der Waals surface area contributed by atoms with Gasteiger partial charge < -0.3 is 15.7 Å². The summed E-state index contributed by atoms with van der Waals surface area (Å²) in [4.78, 5) is 15.9. The van der Waals surface area contributed by atoms with E-state index in [0.717, 1.165) is 0 Å². The summed E-state index contributed by atoms with van der Waals surface area (Å²) in [5.41, 5.74) is 0.378. The summed E-state index contributed by atoms with van der Waals surface area (Å²) >= 11 is 5.76. The lowest BCUT2D eigenvalue weighted by atomic mass is 9.96. The number of aromatic nitrogens is 2. The van der Waals surface area contributed by atoms with Crippen LogP contribution in [0, 0.1) is 11.2 Å². The molecule has 0 aliphatic carbocycles. The van der Waals surface area contributed by atoms with Crippen molar-refractivity contribution in [1.82, 2.24) is 15.6 Å². The molecule has 140 valence electrons. The van der Waals surface area contributed by atoms with Gasteiger partial charge in [-0.3, -0.25) is 4.79 Å². The Labute approximate surface area is 154 Å². The van der Waals surface area contributed by atoms with E-state index in [9.17, 15) is 9.18 Å². The number of amides is 1. The molecule has 1 aromatic heterocycles. The lowest BCUT2D eigenvalue weighted by Gasteiger charge is -2.17. The Balaban J connectivity index is 2.21. The Morgan fingerprint density at radius 3 is 2.73 bits per heavy atom. The highest BCUT2D eigenvalue weighted by molar-refractivity contribution is 6.31. The summed E-state index contributed by atoms with van der Waals surface area (Å²) in [5.74, 6) is -0.603. The fourth-order valence-corrected chi connectivity index (χ4v) is 2.07. The summed E-state index contributed by atoms with van der Waals surface area (Å²) in [6.45, 7) is 4.87. The van der Waals surface area contributed by atoms with Crippen LogP contribution < -0.4 is 10.6 Å². The second-order valence-corrected chi connectivity index (χ2v) is 6.80. The summed E-state index contributed by atoms with van der Waals surface area (Å²) in [6, 6.07) is 3.99. The highest BCUT2D eigenvalue weighted by Crippen LogP contribution is 2.20. The van der Waals surface area contributed by atoms with Gasteiger partial charge in [0.2, 0.25) is 5.91 Å². The maximum Gasteiger partial charge on any atom is 0.225 e. The molecular weight excluding hydrogens is 365 g/mol. The number of nitrogens with one attached hydrogen (secondary N) is 2. The Bertz CT molecular complexity index is 816. The minimum atomic E-state index is -0.567. The van der Waals surface area contributed by atoms with Crippen LogP contribution in [0.25, 0.3) is 0 Å². The van der Waals surface area contributed by atoms with E-state index < -0.39 is 18.0 Å². The molecule has 0 radical (unpaired) electrons. The van der Waals surface area contributed by atoms with Crippen molar-refractivity contribution in [3.05, 3.63) is 40.4 Å². The number of nitrogens with zero attached hydrogens (tertiary/aromatic N) is 3. The van der Waals surface area contributed by atoms with Gasteiger partial charge >= 0.3 is 0 Å². The highest BCUT2D eigenvalue weighted by Gasteiger charge is 2.23. The standard InChI is InChI=1S/C16H19ClFN5O3/c1-16(2,3)15(25)19-7-12-13(23-26-22-12)14(20-8-24)21-9-4-5-11(18)10(17)6-9/h4-6,24H,7-8H2,1-3H3,(H,19,25)(H,20,21). The molecule has 1 aromatic carbocycles. The van der Waals surface area contributed by atoms with Crippen LogP contribution in [-0.4, -0.2) is 33.9 Å². The maximum absolute atomic E-state index is 13.3. The normalized spacial score (nSPS) is 12.2. The molecule has 3 N–H and O–H groups in total. The van der Waals surface area contributed by atoms with Gasteiger partial charge in [0.15, 0.2) is 11.5 Å². The van der Waals surface area contributed by atoms with Gasteiger partial charge in [-0.05, 0) is 23.4 Å². The van der Waals surface area contributed by atoms with Gasteiger partial charge in [0, 0.05) is 11.1 Å². The minimum Gasteiger partial charge on any atom is -0.374 e. The van der Waals surface area contributed by atoms with Crippen molar-refractivity contribution in [3.8, 4) is 0 Å². The van der Waals surface area contributed by atoms with Gasteiger partial charge in [0.05, 0.1) is 11.6 Å². The van der Waals surface area contributed by atoms with Gasteiger partial charge in [-0.25, -0.2) is 14.0 Å². The first-order valence-electron chi connectivity index (χ1n) is 7.70. The number of aliphatic imine (C=N–C) groups is 1. The summed E-state index contributed by atoms with van der Waals surface area (Å²) in [7, 11) is 0. The third-order valence-corrected chi connectivity index (χ3v) is 3.58. The average molecular weight is 384 g/mol. The van der Waals surface area contributed by atoms with Crippen molar-refractivity contribution in [2.24, 2.45) is 10.4 Å². The van der Waals surface area contributed by atoms with E-state index in [0.29, 0.717) is 11.4 Å². The van der Waals surface area contributed by atoms with Crippen LogP contribution in [0.15, 0.2) is 27.8 Å². The predicted molar refractivity (Wildman–Crippen MR) is 94.3 cm³/mol. The van der Waals surface area contributed by atoms with Crippen LogP contribution in [0.1, 0.15) is 32.2 Å². The molecule has 0 aliphatic heterocycles. The largest absolute Gasteiger partial charge is 0.374 e. The third-order valence-electron chi connectivity index (χ3n) is 3.29. The van der Waals surface area contributed by atoms with E-state index in [1.807, 2.05) is 0 Å². The molecule has 0 unspecified atom stereocenters. The number of hydrogen-bond donors (Lipinski definition) is 3. The number of amidine groups is 1. The van der Waals surface area contributed by atoms with Gasteiger partial charge in [-0.1, -0.05) is 37.5 Å². The van der Waals surface area contributed by atoms with Crippen molar-refractivity contribution < 1.29 is 18.9 Å². The lowest BCUT2D eigenvalue weighted by Crippen LogP contribution is -2.34. The van der Waals surface area contributed by atoms with E-state index in [1.54, 1.807) is 20.8 Å². The van der Waals surface area contributed by atoms with Crippen LogP contribution in [0.4, 0.5) is 10.1 Å². The Morgan fingerprint density at radius 2 is 2.12 bits per heavy atom. The van der Waals surface area contributed by atoms with Gasteiger partial charge in [-0.15, -0.1) is 0 Å². The van der Waals surface area contributed by atoms with E-state index in [-0.39, 0.29) is 29.0 Å². The van der Waals surface area contributed by atoms with Gasteiger partial charge in [0.1, 0.15) is 18.2 Å². The minimum absolute atomic E-state index is 0.0608. The molecule has 8 nitrogen and oxygen atoms in total. The average Bonchev–Trinajstić information content (AvgIpc) is 3.03. The molecule has 0 saturated heterocycles. The zero-order valence-electron chi connectivity index (χ0n) is 14.5. The Hall–Kier alpha value is -2.52. The summed E-state index contributed by atoms with van der Waals surface area (Å²) in [6.07, 6.45) is 0. The highest BCUT2D eigenvalue weighted by atomic mass is 35.5. The molecule has 1 amide bonds. The number of aliphatic hydroxyl groups is 1. The molecule has 0 saturated carbocycles. The summed E-state index contributed by atoms with van der Waals surface area (Å²) < 4.78 is 18.0. The zero-order valence-corrected chi connectivity index (χ0v) is 15.3. The number of benzene rings is 1. The van der Waals surface area contributed by atoms with Crippen molar-refractivity contribution in [2.75, 3.05) is 12.0 Å². The Morgan fingerprint density at radius 1 is 1.38 bits per heavy atom. The molecule has 0 aliphatic rings. The quantitative estimate of drug-likeness (QED) is 0.539. The predicted octanol–water partition coefficient (Wildman–Crippen LogP) is 2.33. The SMILES string of the molecule is CC(C)(C)C(=O)NCc1nonc1C(=NCO)Nc1ccc(F)c(Cl)c1. The zero-order chi connectivity index (χ0) is 19.3. The Kier molecular flexibility index (Phi) is 6.27. The first kappa shape index (κ1) is 19.8. The number of rotatable bonds is 5. The molecule has 0 spiro atoms. The number of carbonyl (C=O) groups excluding carboxylic acids is 1. The second kappa shape index (κ2) is 8.24. The third kappa shape index (κ3) is 4.99. The topological polar surface area (TPSA) is 113 Å². The first-order chi connectivity index (χ1) is 12.2. The van der Waals surface area contributed by atoms with Crippen molar-refractivity contribution >= 4 is 29.0 Å². The van der Waals surface area contributed by atoms with E-state index in [4.69, 9.17) is 21.3 Å². The van der Waals surface area contributed by atoms with Crippen LogP contribution in [-0.2, 0) is 11.3 Å². The molecule has 10 heteroatoms. The molecule has 2 rings (SSSR count). The van der Waals surface area contributed by atoms with E-state index in [1.165, 1.54) is 18.2 Å². The van der Waals surface area contributed by atoms with Crippen molar-refractivity contribution in [2.45, 2.75) is 27.3 Å². The van der Waals surface area contributed by atoms with Crippen LogP contribution >= 0.6 is 11.6 Å². The first-order valence-corrected chi connectivity index (χ1v) is 8.07. The van der Waals surface area contributed by atoms with Crippen LogP contribution in [0.5, 0.6) is 0 Å². The molecule has 26 heavy (non-hydrogen) atoms. The molecule has 0 fully saturated rings. The van der Waals surface area contributed by atoms with Crippen LogP contribution in [0.3, 0.4) is 0 Å². The van der Waals surface area contributed by atoms with E-state index in [2.05, 4.69) is 25.9 Å². The van der Waals surface area contributed by atoms with E-state index >= 15 is 0 Å². The number of carbonyl (C=O) groups is 1. The molecular formula is C16H19ClFN5O3. The molecule has 2 aromatic rings. The summed E-state index contributed by atoms with van der Waals surface area (Å²) in [5, 5.41) is 22.2. The second-order valence-electron chi connectivity index (χ2n) is 6.39. The fourth-order valence-electron chi connectivity index (χ4n) is 1.89. The van der Waals surface area contributed by atoms with Gasteiger partial charge in [-0.2, -0.15) is 0 Å². The monoisotopic (exact) mass is 383 g/mol. The van der Waals surface area contributed by atoms with Crippen LogP contribution in [0.2, 0.25) is 5.02 Å².